The largest absolute Gasteiger partial charge is 0.392 e. The first-order valence-electron chi connectivity index (χ1n) is 5.64. The standard InChI is InChI=1S/C12H22O2/c1-4-12(2,3)10-5-6-11(14)9(7-10)8-13/h8-11,14H,4-7H2,1-3H3. The highest BCUT2D eigenvalue weighted by Gasteiger charge is 2.36. The van der Waals surface area contributed by atoms with Gasteiger partial charge in [-0.1, -0.05) is 27.2 Å². The van der Waals surface area contributed by atoms with E-state index in [1.54, 1.807) is 0 Å². The number of hydrogen-bond donors (Lipinski definition) is 1. The fourth-order valence-electron chi connectivity index (χ4n) is 2.33. The van der Waals surface area contributed by atoms with E-state index in [4.69, 9.17) is 0 Å². The first kappa shape index (κ1) is 11.7. The van der Waals surface area contributed by atoms with Gasteiger partial charge in [0.25, 0.3) is 0 Å². The normalized spacial score (nSPS) is 34.1. The molecule has 0 radical (unpaired) electrons. The van der Waals surface area contributed by atoms with Gasteiger partial charge in [0.1, 0.15) is 6.29 Å². The number of carbonyl (C=O) groups excluding carboxylic acids is 1. The van der Waals surface area contributed by atoms with Crippen LogP contribution >= 0.6 is 0 Å². The van der Waals surface area contributed by atoms with Crippen LogP contribution in [0.15, 0.2) is 0 Å². The molecule has 0 bridgehead atoms. The van der Waals surface area contributed by atoms with E-state index in [1.165, 1.54) is 0 Å². The van der Waals surface area contributed by atoms with Crippen molar-refractivity contribution in [2.45, 2.75) is 52.6 Å². The van der Waals surface area contributed by atoms with Gasteiger partial charge in [0.15, 0.2) is 0 Å². The highest BCUT2D eigenvalue weighted by molar-refractivity contribution is 5.54. The molecule has 0 aromatic heterocycles. The molecular weight excluding hydrogens is 176 g/mol. The summed E-state index contributed by atoms with van der Waals surface area (Å²) in [4.78, 5) is 10.8. The highest BCUT2D eigenvalue weighted by Crippen LogP contribution is 2.41. The molecule has 1 saturated carbocycles. The summed E-state index contributed by atoms with van der Waals surface area (Å²) in [5.74, 6) is 0.464. The minimum atomic E-state index is -0.392. The number of aldehydes is 1. The molecule has 2 heteroatoms. The molecule has 1 N–H and O–H groups in total. The summed E-state index contributed by atoms with van der Waals surface area (Å²) in [5.41, 5.74) is 0.307. The Balaban J connectivity index is 2.62. The molecule has 0 spiro atoms. The predicted molar refractivity (Wildman–Crippen MR) is 57.0 cm³/mol. The summed E-state index contributed by atoms with van der Waals surface area (Å²) in [6, 6.07) is 0. The lowest BCUT2D eigenvalue weighted by Gasteiger charge is -2.40. The maximum absolute atomic E-state index is 10.8. The monoisotopic (exact) mass is 198 g/mol. The van der Waals surface area contributed by atoms with Crippen molar-refractivity contribution in [2.75, 3.05) is 0 Å². The van der Waals surface area contributed by atoms with Gasteiger partial charge in [0.2, 0.25) is 0 Å². The second-order valence-corrected chi connectivity index (χ2v) is 5.22. The molecule has 1 fully saturated rings. The van der Waals surface area contributed by atoms with E-state index in [2.05, 4.69) is 20.8 Å². The molecule has 0 aromatic rings. The van der Waals surface area contributed by atoms with Crippen molar-refractivity contribution in [1.29, 1.82) is 0 Å². The first-order chi connectivity index (χ1) is 6.51. The maximum atomic E-state index is 10.8. The Morgan fingerprint density at radius 2 is 2.07 bits per heavy atom. The second-order valence-electron chi connectivity index (χ2n) is 5.22. The quantitative estimate of drug-likeness (QED) is 0.707. The molecule has 3 unspecified atom stereocenters. The molecule has 0 saturated heterocycles. The molecule has 0 aromatic carbocycles. The van der Waals surface area contributed by atoms with Crippen molar-refractivity contribution in [3.05, 3.63) is 0 Å². The van der Waals surface area contributed by atoms with Gasteiger partial charge in [-0.05, 0) is 30.6 Å². The summed E-state index contributed by atoms with van der Waals surface area (Å²) in [6.07, 6.45) is 4.40. The first-order valence-corrected chi connectivity index (χ1v) is 5.64. The van der Waals surface area contributed by atoms with Crippen molar-refractivity contribution < 1.29 is 9.90 Å². The van der Waals surface area contributed by atoms with Crippen LogP contribution in [0.4, 0.5) is 0 Å². The molecule has 82 valence electrons. The molecule has 14 heavy (non-hydrogen) atoms. The van der Waals surface area contributed by atoms with E-state index in [0.717, 1.165) is 32.0 Å². The van der Waals surface area contributed by atoms with Crippen LogP contribution in [0.2, 0.25) is 0 Å². The molecule has 0 heterocycles. The van der Waals surface area contributed by atoms with E-state index in [1.807, 2.05) is 0 Å². The van der Waals surface area contributed by atoms with Gasteiger partial charge in [0, 0.05) is 5.92 Å². The zero-order valence-electron chi connectivity index (χ0n) is 9.49. The molecule has 2 nitrogen and oxygen atoms in total. The van der Waals surface area contributed by atoms with Crippen LogP contribution < -0.4 is 0 Å². The van der Waals surface area contributed by atoms with Crippen molar-refractivity contribution in [1.82, 2.24) is 0 Å². The minimum Gasteiger partial charge on any atom is -0.392 e. The van der Waals surface area contributed by atoms with Crippen LogP contribution in [-0.4, -0.2) is 17.5 Å². The summed E-state index contributed by atoms with van der Waals surface area (Å²) in [6.45, 7) is 6.72. The molecule has 3 atom stereocenters. The Bertz CT molecular complexity index is 198. The lowest BCUT2D eigenvalue weighted by molar-refractivity contribution is -0.117. The smallest absolute Gasteiger partial charge is 0.125 e. The third kappa shape index (κ3) is 2.35. The number of aliphatic hydroxyl groups excluding tert-OH is 1. The molecule has 1 aliphatic carbocycles. The van der Waals surface area contributed by atoms with Crippen molar-refractivity contribution >= 4 is 6.29 Å². The molecule has 0 aliphatic heterocycles. The van der Waals surface area contributed by atoms with Crippen LogP contribution in [0.1, 0.15) is 46.5 Å². The van der Waals surface area contributed by atoms with E-state index >= 15 is 0 Å². The van der Waals surface area contributed by atoms with Crippen LogP contribution in [-0.2, 0) is 4.79 Å². The number of aliphatic hydroxyl groups is 1. The third-order valence-corrected chi connectivity index (χ3v) is 4.05. The van der Waals surface area contributed by atoms with Crippen LogP contribution in [0.3, 0.4) is 0 Å². The van der Waals surface area contributed by atoms with Gasteiger partial charge in [-0.15, -0.1) is 0 Å². The lowest BCUT2D eigenvalue weighted by atomic mass is 9.66. The second kappa shape index (κ2) is 4.43. The summed E-state index contributed by atoms with van der Waals surface area (Å²) in [7, 11) is 0. The number of rotatable bonds is 3. The summed E-state index contributed by atoms with van der Waals surface area (Å²) in [5, 5.41) is 9.59. The van der Waals surface area contributed by atoms with Crippen molar-refractivity contribution in [3.8, 4) is 0 Å². The van der Waals surface area contributed by atoms with Crippen molar-refractivity contribution in [3.63, 3.8) is 0 Å². The molecular formula is C12H22O2. The predicted octanol–water partition coefficient (Wildman–Crippen LogP) is 2.40. The van der Waals surface area contributed by atoms with Crippen LogP contribution in [0, 0.1) is 17.3 Å². The van der Waals surface area contributed by atoms with Gasteiger partial charge in [-0.2, -0.15) is 0 Å². The maximum Gasteiger partial charge on any atom is 0.125 e. The summed E-state index contributed by atoms with van der Waals surface area (Å²) < 4.78 is 0. The van der Waals surface area contributed by atoms with Gasteiger partial charge in [-0.3, -0.25) is 0 Å². The molecule has 0 amide bonds. The zero-order chi connectivity index (χ0) is 10.8. The Kier molecular flexibility index (Phi) is 3.71. The Hall–Kier alpha value is -0.370. The molecule has 1 aliphatic rings. The van der Waals surface area contributed by atoms with E-state index in [0.29, 0.717) is 11.3 Å². The van der Waals surface area contributed by atoms with E-state index in [-0.39, 0.29) is 5.92 Å². The Morgan fingerprint density at radius 3 is 2.57 bits per heavy atom. The minimum absolute atomic E-state index is 0.125. The van der Waals surface area contributed by atoms with Crippen molar-refractivity contribution in [2.24, 2.45) is 17.3 Å². The van der Waals surface area contributed by atoms with Gasteiger partial charge in [0.05, 0.1) is 6.10 Å². The zero-order valence-corrected chi connectivity index (χ0v) is 9.49. The topological polar surface area (TPSA) is 37.3 Å². The Morgan fingerprint density at radius 1 is 1.43 bits per heavy atom. The lowest BCUT2D eigenvalue weighted by Crippen LogP contribution is -2.36. The van der Waals surface area contributed by atoms with E-state index in [9.17, 15) is 9.90 Å². The van der Waals surface area contributed by atoms with Gasteiger partial charge < -0.3 is 9.90 Å². The van der Waals surface area contributed by atoms with Gasteiger partial charge in [-0.25, -0.2) is 0 Å². The average molecular weight is 198 g/mol. The molecule has 1 rings (SSSR count). The summed E-state index contributed by atoms with van der Waals surface area (Å²) >= 11 is 0. The van der Waals surface area contributed by atoms with Crippen LogP contribution in [0.25, 0.3) is 0 Å². The highest BCUT2D eigenvalue weighted by atomic mass is 16.3. The SMILES string of the molecule is CCC(C)(C)C1CCC(O)C(C=O)C1. The third-order valence-electron chi connectivity index (χ3n) is 4.05. The van der Waals surface area contributed by atoms with E-state index < -0.39 is 6.10 Å². The van der Waals surface area contributed by atoms with Gasteiger partial charge >= 0.3 is 0 Å². The number of carbonyl (C=O) groups is 1. The average Bonchev–Trinajstić information content (AvgIpc) is 2.18. The number of hydrogen-bond acceptors (Lipinski definition) is 2. The Labute approximate surface area is 86.7 Å². The fraction of sp³-hybridized carbons (Fsp3) is 0.917. The van der Waals surface area contributed by atoms with Crippen LogP contribution in [0.5, 0.6) is 0 Å². The fourth-order valence-corrected chi connectivity index (χ4v) is 2.33.